The maximum Gasteiger partial charge on any atom is -0.000970 e. The van der Waals surface area contributed by atoms with E-state index < -0.39 is 0 Å². The van der Waals surface area contributed by atoms with Gasteiger partial charge in [-0.3, -0.25) is 0 Å². The molecule has 0 atom stereocenters. The second kappa shape index (κ2) is 3.87. The lowest BCUT2D eigenvalue weighted by Crippen LogP contribution is -2.16. The molecule has 0 heterocycles. The Morgan fingerprint density at radius 3 is 1.42 bits per heavy atom. The predicted molar refractivity (Wildman–Crippen MR) is 56.5 cm³/mol. The Labute approximate surface area is 80.7 Å². The lowest BCUT2D eigenvalue weighted by Gasteiger charge is -2.16. The minimum Gasteiger partial charge on any atom is -0.0891 e. The summed E-state index contributed by atoms with van der Waals surface area (Å²) in [5.41, 5.74) is 0. The molecule has 0 N–H and O–H groups in total. The molecular weight excluding hydrogens is 164 g/mol. The summed E-state index contributed by atoms with van der Waals surface area (Å²) in [7, 11) is 0. The molecule has 2 rings (SSSR count). The number of hydrogen-bond donors (Lipinski definition) is 0. The van der Waals surface area contributed by atoms with Gasteiger partial charge in [0.25, 0.3) is 0 Å². The Kier molecular flexibility index (Phi) is 2.80. The molecule has 0 bridgehead atoms. The largest absolute Gasteiger partial charge is 0.0891 e. The second-order valence-electron chi connectivity index (χ2n) is 4.37. The van der Waals surface area contributed by atoms with E-state index in [2.05, 4.69) is 0 Å². The molecular formula is C11H18S. The van der Waals surface area contributed by atoms with Gasteiger partial charge in [-0.2, -0.15) is 0 Å². The smallest absolute Gasteiger partial charge is 0.000970 e. The van der Waals surface area contributed by atoms with E-state index in [-0.39, 0.29) is 0 Å². The molecule has 68 valence electrons. The van der Waals surface area contributed by atoms with Gasteiger partial charge in [0.15, 0.2) is 0 Å². The maximum absolute atomic E-state index is 5.57. The van der Waals surface area contributed by atoms with Gasteiger partial charge in [-0.05, 0) is 42.4 Å². The zero-order valence-electron chi connectivity index (χ0n) is 7.72. The highest BCUT2D eigenvalue weighted by Crippen LogP contribution is 2.35. The normalized spacial score (nSPS) is 26.7. The van der Waals surface area contributed by atoms with Crippen LogP contribution in [0.15, 0.2) is 0 Å². The highest BCUT2D eigenvalue weighted by atomic mass is 32.1. The summed E-state index contributed by atoms with van der Waals surface area (Å²) >= 11 is 5.57. The Morgan fingerprint density at radius 1 is 0.750 bits per heavy atom. The first-order valence-corrected chi connectivity index (χ1v) is 5.82. The molecule has 2 aliphatic rings. The van der Waals surface area contributed by atoms with Gasteiger partial charge in [-0.1, -0.05) is 37.9 Å². The van der Waals surface area contributed by atoms with Crippen molar-refractivity contribution in [3.8, 4) is 0 Å². The van der Waals surface area contributed by atoms with Crippen molar-refractivity contribution < 1.29 is 0 Å². The van der Waals surface area contributed by atoms with E-state index in [4.69, 9.17) is 12.2 Å². The number of hydrogen-bond acceptors (Lipinski definition) is 1. The highest BCUT2D eigenvalue weighted by molar-refractivity contribution is 7.80. The van der Waals surface area contributed by atoms with Gasteiger partial charge in [-0.25, -0.2) is 0 Å². The Balaban J connectivity index is 1.89. The van der Waals surface area contributed by atoms with E-state index in [1.807, 2.05) is 0 Å². The van der Waals surface area contributed by atoms with Crippen LogP contribution in [0.25, 0.3) is 0 Å². The fourth-order valence-corrected chi connectivity index (χ4v) is 3.23. The Bertz CT molecular complexity index is 144. The summed E-state index contributed by atoms with van der Waals surface area (Å²) in [5, 5.41) is 0. The van der Waals surface area contributed by atoms with Crippen LogP contribution in [0.2, 0.25) is 0 Å². The summed E-state index contributed by atoms with van der Waals surface area (Å²) in [6.45, 7) is 0. The molecule has 0 nitrogen and oxygen atoms in total. The molecule has 0 saturated heterocycles. The highest BCUT2D eigenvalue weighted by Gasteiger charge is 2.27. The van der Waals surface area contributed by atoms with Crippen LogP contribution in [0.4, 0.5) is 0 Å². The van der Waals surface area contributed by atoms with E-state index in [0.29, 0.717) is 0 Å². The summed E-state index contributed by atoms with van der Waals surface area (Å²) in [6, 6.07) is 0. The van der Waals surface area contributed by atoms with Crippen molar-refractivity contribution in [1.82, 2.24) is 0 Å². The molecule has 0 aromatic heterocycles. The van der Waals surface area contributed by atoms with Crippen molar-refractivity contribution in [2.24, 2.45) is 11.8 Å². The number of thiocarbonyl (C=S) groups is 1. The average molecular weight is 182 g/mol. The van der Waals surface area contributed by atoms with Gasteiger partial charge in [0.1, 0.15) is 0 Å². The zero-order chi connectivity index (χ0) is 8.39. The molecule has 0 aliphatic heterocycles. The molecule has 1 heteroatoms. The van der Waals surface area contributed by atoms with Crippen molar-refractivity contribution in [1.29, 1.82) is 0 Å². The molecule has 2 saturated carbocycles. The third-order valence-electron chi connectivity index (χ3n) is 3.52. The third-order valence-corrected chi connectivity index (χ3v) is 4.18. The van der Waals surface area contributed by atoms with Crippen LogP contribution in [0.5, 0.6) is 0 Å². The monoisotopic (exact) mass is 182 g/mol. The quantitative estimate of drug-likeness (QED) is 0.586. The van der Waals surface area contributed by atoms with Crippen molar-refractivity contribution in [3.05, 3.63) is 0 Å². The molecule has 0 amide bonds. The van der Waals surface area contributed by atoms with Crippen LogP contribution in [-0.4, -0.2) is 4.86 Å². The summed E-state index contributed by atoms with van der Waals surface area (Å²) in [5.74, 6) is 1.67. The third kappa shape index (κ3) is 1.71. The maximum atomic E-state index is 5.57. The molecule has 0 unspecified atom stereocenters. The predicted octanol–water partition coefficient (Wildman–Crippen LogP) is 3.74. The minimum atomic E-state index is 0.836. The zero-order valence-corrected chi connectivity index (χ0v) is 8.54. The second-order valence-corrected chi connectivity index (χ2v) is 4.84. The van der Waals surface area contributed by atoms with Crippen LogP contribution >= 0.6 is 12.2 Å². The van der Waals surface area contributed by atoms with Gasteiger partial charge in [0, 0.05) is 0 Å². The Morgan fingerprint density at radius 2 is 1.08 bits per heavy atom. The van der Waals surface area contributed by atoms with Crippen LogP contribution in [0.1, 0.15) is 51.4 Å². The lowest BCUT2D eigenvalue weighted by atomic mass is 9.92. The van der Waals surface area contributed by atoms with Crippen molar-refractivity contribution in [2.75, 3.05) is 0 Å². The number of rotatable bonds is 2. The van der Waals surface area contributed by atoms with Gasteiger partial charge in [0.2, 0.25) is 0 Å². The van der Waals surface area contributed by atoms with Gasteiger partial charge >= 0.3 is 0 Å². The first kappa shape index (κ1) is 8.68. The fourth-order valence-electron chi connectivity index (χ4n) is 2.75. The molecule has 2 aliphatic carbocycles. The van der Waals surface area contributed by atoms with Crippen LogP contribution in [0, 0.1) is 11.8 Å². The molecule has 12 heavy (non-hydrogen) atoms. The topological polar surface area (TPSA) is 0 Å². The van der Waals surface area contributed by atoms with Crippen LogP contribution < -0.4 is 0 Å². The van der Waals surface area contributed by atoms with Crippen molar-refractivity contribution >= 4 is 17.1 Å². The average Bonchev–Trinajstić information content (AvgIpc) is 2.77. The van der Waals surface area contributed by atoms with Crippen LogP contribution in [0.3, 0.4) is 0 Å². The van der Waals surface area contributed by atoms with Gasteiger partial charge < -0.3 is 0 Å². The van der Waals surface area contributed by atoms with E-state index in [1.165, 1.54) is 56.2 Å². The van der Waals surface area contributed by atoms with Gasteiger partial charge in [0.05, 0.1) is 0 Å². The van der Waals surface area contributed by atoms with E-state index in [9.17, 15) is 0 Å². The van der Waals surface area contributed by atoms with Gasteiger partial charge in [-0.15, -0.1) is 0 Å². The molecule has 0 spiro atoms. The summed E-state index contributed by atoms with van der Waals surface area (Å²) in [4.78, 5) is 1.45. The molecule has 0 radical (unpaired) electrons. The molecule has 2 fully saturated rings. The minimum absolute atomic E-state index is 0.836. The van der Waals surface area contributed by atoms with Crippen molar-refractivity contribution in [2.45, 2.75) is 51.4 Å². The van der Waals surface area contributed by atoms with E-state index in [1.54, 1.807) is 0 Å². The van der Waals surface area contributed by atoms with Crippen molar-refractivity contribution in [3.63, 3.8) is 0 Å². The summed E-state index contributed by atoms with van der Waals surface area (Å²) < 4.78 is 0. The lowest BCUT2D eigenvalue weighted by molar-refractivity contribution is 0.644. The molecule has 0 aromatic rings. The van der Waals surface area contributed by atoms with E-state index in [0.717, 1.165) is 11.8 Å². The summed E-state index contributed by atoms with van der Waals surface area (Å²) in [6.07, 6.45) is 11.3. The van der Waals surface area contributed by atoms with Crippen LogP contribution in [-0.2, 0) is 0 Å². The molecule has 0 aromatic carbocycles. The fraction of sp³-hybridized carbons (Fsp3) is 0.909. The first-order chi connectivity index (χ1) is 5.88. The standard InChI is InChI=1S/C11H18S/c12-11(9-5-1-2-6-9)10-7-3-4-8-10/h9-10H,1-8H2. The van der Waals surface area contributed by atoms with E-state index >= 15 is 0 Å². The SMILES string of the molecule is S=C(C1CCCC1)C1CCCC1. The first-order valence-electron chi connectivity index (χ1n) is 5.41. The Hall–Kier alpha value is 0.0900.